The minimum Gasteiger partial charge on any atom is -0.493 e. The molecule has 178 valence electrons. The molecule has 1 heterocycles. The lowest BCUT2D eigenvalue weighted by molar-refractivity contribution is -0.121. The van der Waals surface area contributed by atoms with Crippen LogP contribution in [-0.4, -0.2) is 37.6 Å². The zero-order valence-corrected chi connectivity index (χ0v) is 19.9. The van der Waals surface area contributed by atoms with Gasteiger partial charge in [-0.2, -0.15) is 0 Å². The van der Waals surface area contributed by atoms with E-state index in [1.54, 1.807) is 20.3 Å². The zero-order chi connectivity index (χ0) is 24.1. The van der Waals surface area contributed by atoms with Gasteiger partial charge in [-0.3, -0.25) is 9.69 Å². The predicted octanol–water partition coefficient (Wildman–Crippen LogP) is 4.69. The van der Waals surface area contributed by atoms with Gasteiger partial charge in [0.1, 0.15) is 5.82 Å². The van der Waals surface area contributed by atoms with E-state index >= 15 is 0 Å². The summed E-state index contributed by atoms with van der Waals surface area (Å²) in [6.45, 7) is 3.19. The molecule has 0 saturated heterocycles. The van der Waals surface area contributed by atoms with Crippen LogP contribution in [0.5, 0.6) is 11.5 Å². The van der Waals surface area contributed by atoms with Crippen LogP contribution in [0.3, 0.4) is 0 Å². The normalized spacial score (nSPS) is 16.4. The number of ether oxygens (including phenoxy) is 2. The zero-order valence-electron chi connectivity index (χ0n) is 19.9. The quantitative estimate of drug-likeness (QED) is 0.528. The molecule has 2 atom stereocenters. The lowest BCUT2D eigenvalue weighted by atomic mass is 9.87. The van der Waals surface area contributed by atoms with E-state index in [0.29, 0.717) is 30.0 Å². The van der Waals surface area contributed by atoms with Crippen LogP contribution >= 0.6 is 0 Å². The number of amides is 1. The molecule has 3 aromatic rings. The Morgan fingerprint density at radius 2 is 1.74 bits per heavy atom. The molecule has 0 saturated carbocycles. The van der Waals surface area contributed by atoms with Gasteiger partial charge in [-0.25, -0.2) is 4.39 Å². The Balaban J connectivity index is 1.64. The Hall–Kier alpha value is -3.38. The van der Waals surface area contributed by atoms with Crippen LogP contribution in [0, 0.1) is 5.82 Å². The Kier molecular flexibility index (Phi) is 7.48. The van der Waals surface area contributed by atoms with E-state index in [9.17, 15) is 9.18 Å². The molecule has 1 amide bonds. The van der Waals surface area contributed by atoms with Crippen molar-refractivity contribution in [3.05, 3.63) is 94.8 Å². The molecule has 0 fully saturated rings. The van der Waals surface area contributed by atoms with E-state index in [0.717, 1.165) is 29.7 Å². The number of halogens is 1. The summed E-state index contributed by atoms with van der Waals surface area (Å²) in [7, 11) is 3.24. The van der Waals surface area contributed by atoms with Crippen molar-refractivity contribution in [3.63, 3.8) is 0 Å². The third-order valence-electron chi connectivity index (χ3n) is 6.43. The number of methoxy groups -OCH3 is 2. The largest absolute Gasteiger partial charge is 0.493 e. The molecular weight excluding hydrogens is 431 g/mol. The molecule has 6 heteroatoms. The van der Waals surface area contributed by atoms with Crippen molar-refractivity contribution in [2.75, 3.05) is 20.8 Å². The van der Waals surface area contributed by atoms with Gasteiger partial charge >= 0.3 is 0 Å². The first-order valence-corrected chi connectivity index (χ1v) is 11.6. The summed E-state index contributed by atoms with van der Waals surface area (Å²) in [5, 5.41) is 3.19. The van der Waals surface area contributed by atoms with Crippen LogP contribution in [0.15, 0.2) is 66.7 Å². The number of rotatable bonds is 8. The average Bonchev–Trinajstić information content (AvgIpc) is 2.84. The lowest BCUT2D eigenvalue weighted by Gasteiger charge is -2.41. The van der Waals surface area contributed by atoms with Gasteiger partial charge in [0.2, 0.25) is 5.91 Å². The lowest BCUT2D eigenvalue weighted by Crippen LogP contribution is -2.47. The van der Waals surface area contributed by atoms with E-state index in [-0.39, 0.29) is 23.8 Å². The van der Waals surface area contributed by atoms with Crippen molar-refractivity contribution in [1.29, 1.82) is 0 Å². The number of fused-ring (bicyclic) bond motifs is 1. The highest BCUT2D eigenvalue weighted by Gasteiger charge is 2.34. The maximum atomic E-state index is 14.5. The molecule has 0 aromatic heterocycles. The van der Waals surface area contributed by atoms with E-state index < -0.39 is 0 Å². The average molecular weight is 463 g/mol. The number of carbonyl (C=O) groups is 1. The minimum absolute atomic E-state index is 0.0443. The van der Waals surface area contributed by atoms with Crippen LogP contribution in [-0.2, 0) is 24.2 Å². The van der Waals surface area contributed by atoms with Gasteiger partial charge in [0.05, 0.1) is 26.7 Å². The molecule has 0 radical (unpaired) electrons. The molecule has 34 heavy (non-hydrogen) atoms. The second kappa shape index (κ2) is 10.7. The van der Waals surface area contributed by atoms with Gasteiger partial charge in [-0.15, -0.1) is 0 Å². The SMILES string of the molecule is COc1cc2c(cc1OC)C(C(C)NC(=O)Cc1ccccc1)N(Cc1ccccc1F)CC2. The highest BCUT2D eigenvalue weighted by Crippen LogP contribution is 2.40. The number of nitrogens with one attached hydrogen (secondary N) is 1. The fourth-order valence-electron chi connectivity index (χ4n) is 4.80. The number of benzene rings is 3. The van der Waals surface area contributed by atoms with Crippen molar-refractivity contribution < 1.29 is 18.7 Å². The van der Waals surface area contributed by atoms with E-state index in [4.69, 9.17) is 9.47 Å². The molecule has 1 aliphatic rings. The molecule has 2 unspecified atom stereocenters. The summed E-state index contributed by atoms with van der Waals surface area (Å²) in [6, 6.07) is 20.2. The summed E-state index contributed by atoms with van der Waals surface area (Å²) in [4.78, 5) is 15.1. The minimum atomic E-state index is -0.222. The topological polar surface area (TPSA) is 50.8 Å². The van der Waals surface area contributed by atoms with E-state index in [2.05, 4.69) is 10.2 Å². The summed E-state index contributed by atoms with van der Waals surface area (Å²) in [5.74, 6) is 1.06. The second-order valence-corrected chi connectivity index (χ2v) is 8.68. The van der Waals surface area contributed by atoms with Crippen molar-refractivity contribution >= 4 is 5.91 Å². The van der Waals surface area contributed by atoms with Crippen molar-refractivity contribution in [2.24, 2.45) is 0 Å². The number of hydrogen-bond donors (Lipinski definition) is 1. The summed E-state index contributed by atoms with van der Waals surface area (Å²) in [5.41, 5.74) is 3.81. The first kappa shape index (κ1) is 23.8. The van der Waals surface area contributed by atoms with Crippen LogP contribution in [0.2, 0.25) is 0 Å². The maximum absolute atomic E-state index is 14.5. The molecule has 0 aliphatic carbocycles. The monoisotopic (exact) mass is 462 g/mol. The van der Waals surface area contributed by atoms with Gasteiger partial charge in [0, 0.05) is 24.7 Å². The standard InChI is InChI=1S/C28H31FN2O3/c1-19(30-27(32)15-20-9-5-4-6-10-20)28-23-17-26(34-3)25(33-2)16-21(23)13-14-31(28)18-22-11-7-8-12-24(22)29/h4-12,16-17,19,28H,13-15,18H2,1-3H3,(H,30,32). The van der Waals surface area contributed by atoms with Crippen molar-refractivity contribution in [1.82, 2.24) is 10.2 Å². The van der Waals surface area contributed by atoms with E-state index in [1.165, 1.54) is 6.07 Å². The molecule has 1 aliphatic heterocycles. The third-order valence-corrected chi connectivity index (χ3v) is 6.43. The van der Waals surface area contributed by atoms with Gasteiger partial charge < -0.3 is 14.8 Å². The Morgan fingerprint density at radius 1 is 1.06 bits per heavy atom. The second-order valence-electron chi connectivity index (χ2n) is 8.68. The van der Waals surface area contributed by atoms with Crippen molar-refractivity contribution in [2.45, 2.75) is 38.4 Å². The first-order chi connectivity index (χ1) is 16.5. The number of hydrogen-bond acceptors (Lipinski definition) is 4. The molecular formula is C28H31FN2O3. The molecule has 5 nitrogen and oxygen atoms in total. The number of carbonyl (C=O) groups excluding carboxylic acids is 1. The predicted molar refractivity (Wildman–Crippen MR) is 131 cm³/mol. The Morgan fingerprint density at radius 3 is 2.44 bits per heavy atom. The molecule has 3 aromatic carbocycles. The van der Waals surface area contributed by atoms with Crippen LogP contribution in [0.4, 0.5) is 4.39 Å². The molecule has 0 spiro atoms. The summed E-state index contributed by atoms with van der Waals surface area (Å²) < 4.78 is 25.6. The molecule has 0 bridgehead atoms. The van der Waals surface area contributed by atoms with Gasteiger partial charge in [-0.1, -0.05) is 48.5 Å². The van der Waals surface area contributed by atoms with Crippen LogP contribution < -0.4 is 14.8 Å². The van der Waals surface area contributed by atoms with Gasteiger partial charge in [0.25, 0.3) is 0 Å². The molecule has 4 rings (SSSR count). The first-order valence-electron chi connectivity index (χ1n) is 11.6. The number of nitrogens with zero attached hydrogens (tertiary/aromatic N) is 1. The van der Waals surface area contributed by atoms with Crippen LogP contribution in [0.25, 0.3) is 0 Å². The summed E-state index contributed by atoms with van der Waals surface area (Å²) >= 11 is 0. The smallest absolute Gasteiger partial charge is 0.224 e. The van der Waals surface area contributed by atoms with Crippen LogP contribution in [0.1, 0.15) is 35.2 Å². The highest BCUT2D eigenvalue weighted by atomic mass is 19.1. The summed E-state index contributed by atoms with van der Waals surface area (Å²) in [6.07, 6.45) is 1.11. The third kappa shape index (κ3) is 5.23. The fourth-order valence-corrected chi connectivity index (χ4v) is 4.80. The Bertz CT molecular complexity index is 1140. The highest BCUT2D eigenvalue weighted by molar-refractivity contribution is 5.79. The fraction of sp³-hybridized carbons (Fsp3) is 0.321. The maximum Gasteiger partial charge on any atom is 0.224 e. The van der Waals surface area contributed by atoms with E-state index in [1.807, 2.05) is 61.5 Å². The van der Waals surface area contributed by atoms with Gasteiger partial charge in [-0.05, 0) is 48.2 Å². The Labute approximate surface area is 200 Å². The molecule has 1 N–H and O–H groups in total. The van der Waals surface area contributed by atoms with Gasteiger partial charge in [0.15, 0.2) is 11.5 Å². The van der Waals surface area contributed by atoms with Crippen molar-refractivity contribution in [3.8, 4) is 11.5 Å².